The molecule has 0 aromatic rings. The minimum absolute atomic E-state index is 0.382. The third-order valence-electron chi connectivity index (χ3n) is 2.39. The minimum Gasteiger partial charge on any atom is -0.440 e. The molecule has 1 fully saturated rings. The number of hydrogen-bond acceptors (Lipinski definition) is 4. The molecule has 1 atom stereocenters. The van der Waals surface area contributed by atoms with Gasteiger partial charge in [0, 0.05) is 13.1 Å². The molecular weight excluding hydrogens is 269 g/mol. The summed E-state index contributed by atoms with van der Waals surface area (Å²) in [5.41, 5.74) is 0. The highest BCUT2D eigenvalue weighted by molar-refractivity contribution is 5.85. The molecule has 0 radical (unpaired) electrons. The van der Waals surface area contributed by atoms with Crippen molar-refractivity contribution in [3.63, 3.8) is 0 Å². The Morgan fingerprint density at radius 3 is 2.47 bits per heavy atom. The van der Waals surface area contributed by atoms with Gasteiger partial charge in [-0.15, -0.1) is 0 Å². The Morgan fingerprint density at radius 2 is 1.95 bits per heavy atom. The average molecular weight is 284 g/mol. The molecule has 2 amide bonds. The van der Waals surface area contributed by atoms with Crippen LogP contribution in [-0.2, 0) is 14.3 Å². The van der Waals surface area contributed by atoms with Gasteiger partial charge in [0.2, 0.25) is 5.91 Å². The summed E-state index contributed by atoms with van der Waals surface area (Å²) in [7, 11) is 0. The highest BCUT2D eigenvalue weighted by atomic mass is 19.4. The van der Waals surface area contributed by atoms with E-state index < -0.39 is 24.9 Å². The number of hydrogen-bond donors (Lipinski definition) is 1. The summed E-state index contributed by atoms with van der Waals surface area (Å²) in [6.45, 7) is 1.28. The lowest BCUT2D eigenvalue weighted by molar-refractivity contribution is -0.160. The number of ether oxygens (including phenoxy) is 2. The van der Waals surface area contributed by atoms with Gasteiger partial charge in [0.05, 0.1) is 13.2 Å². The maximum Gasteiger partial charge on any atom is 0.422 e. The number of alkyl carbamates (subject to hydrolysis) is 1. The molecule has 0 aliphatic carbocycles. The Bertz CT molecular complexity index is 329. The maximum absolute atomic E-state index is 11.8. The fourth-order valence-electron chi connectivity index (χ4n) is 1.49. The van der Waals surface area contributed by atoms with Crippen LogP contribution >= 0.6 is 0 Å². The smallest absolute Gasteiger partial charge is 0.422 e. The van der Waals surface area contributed by atoms with E-state index in [4.69, 9.17) is 4.74 Å². The van der Waals surface area contributed by atoms with Crippen LogP contribution in [0.15, 0.2) is 0 Å². The molecule has 1 N–H and O–H groups in total. The molecule has 0 spiro atoms. The summed E-state index contributed by atoms with van der Waals surface area (Å²) in [5, 5.41) is 2.06. The molecule has 0 bridgehead atoms. The summed E-state index contributed by atoms with van der Waals surface area (Å²) in [6, 6.07) is -0.946. The van der Waals surface area contributed by atoms with Crippen LogP contribution in [0.2, 0.25) is 0 Å². The molecule has 19 heavy (non-hydrogen) atoms. The Hall–Kier alpha value is -1.51. The second-order valence-electron chi connectivity index (χ2n) is 3.99. The molecule has 0 aromatic carbocycles. The van der Waals surface area contributed by atoms with E-state index in [9.17, 15) is 22.8 Å². The van der Waals surface area contributed by atoms with E-state index in [1.54, 1.807) is 0 Å². The number of nitrogens with one attached hydrogen (secondary N) is 1. The summed E-state index contributed by atoms with van der Waals surface area (Å²) in [4.78, 5) is 24.3. The Kier molecular flexibility index (Phi) is 5.40. The third-order valence-corrected chi connectivity index (χ3v) is 2.39. The Morgan fingerprint density at radius 1 is 1.37 bits per heavy atom. The number of amides is 2. The van der Waals surface area contributed by atoms with Crippen LogP contribution in [0.1, 0.15) is 6.92 Å². The van der Waals surface area contributed by atoms with Gasteiger partial charge in [-0.3, -0.25) is 4.79 Å². The number of nitrogens with zero attached hydrogens (tertiary/aromatic N) is 1. The van der Waals surface area contributed by atoms with Crippen LogP contribution in [0, 0.1) is 0 Å². The summed E-state index contributed by atoms with van der Waals surface area (Å²) < 4.78 is 44.4. The fourth-order valence-corrected chi connectivity index (χ4v) is 1.49. The van der Waals surface area contributed by atoms with E-state index in [0.29, 0.717) is 26.3 Å². The van der Waals surface area contributed by atoms with Gasteiger partial charge < -0.3 is 19.7 Å². The number of carbonyl (C=O) groups is 2. The van der Waals surface area contributed by atoms with Crippen molar-refractivity contribution in [1.29, 1.82) is 0 Å². The van der Waals surface area contributed by atoms with Crippen molar-refractivity contribution in [2.75, 3.05) is 32.9 Å². The second kappa shape index (κ2) is 6.60. The Labute approximate surface area is 107 Å². The van der Waals surface area contributed by atoms with E-state index in [1.165, 1.54) is 11.8 Å². The zero-order chi connectivity index (χ0) is 14.5. The first-order chi connectivity index (χ1) is 8.79. The molecule has 1 saturated heterocycles. The number of rotatable bonds is 3. The second-order valence-corrected chi connectivity index (χ2v) is 3.99. The third kappa shape index (κ3) is 5.77. The van der Waals surface area contributed by atoms with Gasteiger partial charge in [0.1, 0.15) is 6.04 Å². The molecule has 0 aromatic heterocycles. The molecule has 6 nitrogen and oxygen atoms in total. The van der Waals surface area contributed by atoms with E-state index in [2.05, 4.69) is 10.1 Å². The van der Waals surface area contributed by atoms with Crippen LogP contribution in [0.5, 0.6) is 0 Å². The first-order valence-corrected chi connectivity index (χ1v) is 5.66. The molecule has 9 heteroatoms. The van der Waals surface area contributed by atoms with Crippen LogP contribution in [0.25, 0.3) is 0 Å². The maximum atomic E-state index is 11.8. The molecule has 1 rings (SSSR count). The monoisotopic (exact) mass is 284 g/mol. The SMILES string of the molecule is CC(NC(=O)OCC(F)(F)F)C(=O)N1CCOCC1. The predicted molar refractivity (Wildman–Crippen MR) is 57.4 cm³/mol. The van der Waals surface area contributed by atoms with E-state index >= 15 is 0 Å². The van der Waals surface area contributed by atoms with E-state index in [-0.39, 0.29) is 5.91 Å². The fraction of sp³-hybridized carbons (Fsp3) is 0.800. The average Bonchev–Trinajstić information content (AvgIpc) is 2.35. The van der Waals surface area contributed by atoms with Crippen molar-refractivity contribution in [3.8, 4) is 0 Å². The highest BCUT2D eigenvalue weighted by Crippen LogP contribution is 2.14. The molecule has 1 aliphatic heterocycles. The molecule has 110 valence electrons. The summed E-state index contributed by atoms with van der Waals surface area (Å²) >= 11 is 0. The van der Waals surface area contributed by atoms with E-state index in [1.807, 2.05) is 0 Å². The Balaban J connectivity index is 2.34. The lowest BCUT2D eigenvalue weighted by Gasteiger charge is -2.29. The number of carbonyl (C=O) groups excluding carboxylic acids is 2. The summed E-state index contributed by atoms with van der Waals surface area (Å²) in [6.07, 6.45) is -5.86. The molecular formula is C10H15F3N2O4. The zero-order valence-corrected chi connectivity index (χ0v) is 10.3. The lowest BCUT2D eigenvalue weighted by Crippen LogP contribution is -2.50. The number of halogens is 3. The summed E-state index contributed by atoms with van der Waals surface area (Å²) in [5.74, 6) is -0.382. The van der Waals surface area contributed by atoms with Crippen molar-refractivity contribution >= 4 is 12.0 Å². The van der Waals surface area contributed by atoms with Crippen molar-refractivity contribution in [2.45, 2.75) is 19.1 Å². The molecule has 0 saturated carbocycles. The normalized spacial score (nSPS) is 17.8. The first-order valence-electron chi connectivity index (χ1n) is 5.66. The van der Waals surface area contributed by atoms with Gasteiger partial charge in [0.15, 0.2) is 6.61 Å². The van der Waals surface area contributed by atoms with E-state index in [0.717, 1.165) is 0 Å². The van der Waals surface area contributed by atoms with Crippen LogP contribution < -0.4 is 5.32 Å². The minimum atomic E-state index is -4.59. The van der Waals surface area contributed by atoms with Crippen LogP contribution in [0.3, 0.4) is 0 Å². The lowest BCUT2D eigenvalue weighted by atomic mass is 10.2. The van der Waals surface area contributed by atoms with Crippen LogP contribution in [-0.4, -0.2) is 62.0 Å². The molecule has 1 unspecified atom stereocenters. The molecule has 1 heterocycles. The van der Waals surface area contributed by atoms with Crippen molar-refractivity contribution in [1.82, 2.24) is 10.2 Å². The van der Waals surface area contributed by atoms with Crippen molar-refractivity contribution < 1.29 is 32.2 Å². The van der Waals surface area contributed by atoms with Gasteiger partial charge in [-0.05, 0) is 6.92 Å². The molecule has 1 aliphatic rings. The van der Waals surface area contributed by atoms with Gasteiger partial charge >= 0.3 is 12.3 Å². The van der Waals surface area contributed by atoms with Gasteiger partial charge in [-0.2, -0.15) is 13.2 Å². The number of alkyl halides is 3. The highest BCUT2D eigenvalue weighted by Gasteiger charge is 2.30. The first kappa shape index (κ1) is 15.5. The van der Waals surface area contributed by atoms with Crippen LogP contribution in [0.4, 0.5) is 18.0 Å². The van der Waals surface area contributed by atoms with Gasteiger partial charge in [-0.1, -0.05) is 0 Å². The van der Waals surface area contributed by atoms with Gasteiger partial charge in [0.25, 0.3) is 0 Å². The quantitative estimate of drug-likeness (QED) is 0.820. The van der Waals surface area contributed by atoms with Crippen molar-refractivity contribution in [2.24, 2.45) is 0 Å². The van der Waals surface area contributed by atoms with Crippen molar-refractivity contribution in [3.05, 3.63) is 0 Å². The number of morpholine rings is 1. The predicted octanol–water partition coefficient (Wildman–Crippen LogP) is 0.522. The standard InChI is InChI=1S/C10H15F3N2O4/c1-7(8(16)15-2-4-18-5-3-15)14-9(17)19-6-10(11,12)13/h7H,2-6H2,1H3,(H,14,17). The largest absolute Gasteiger partial charge is 0.440 e. The van der Waals surface area contributed by atoms with Gasteiger partial charge in [-0.25, -0.2) is 4.79 Å². The zero-order valence-electron chi connectivity index (χ0n) is 10.3. The topological polar surface area (TPSA) is 67.9 Å².